The molecular formula is C13H13NO3W-4. The minimum absolute atomic E-state index is 0. The quantitative estimate of drug-likeness (QED) is 0.289. The van der Waals surface area contributed by atoms with Crippen LogP contribution in [0.15, 0.2) is 22.9 Å². The van der Waals surface area contributed by atoms with Crippen LogP contribution in [0.5, 0.6) is 0 Å². The van der Waals surface area contributed by atoms with E-state index in [1.165, 1.54) is 5.57 Å². The number of hydrogen-bond acceptors (Lipinski definition) is 1. The van der Waals surface area contributed by atoms with Crippen molar-refractivity contribution < 1.29 is 35.6 Å². The van der Waals surface area contributed by atoms with E-state index in [1.807, 2.05) is 19.9 Å². The summed E-state index contributed by atoms with van der Waals surface area (Å²) in [5.41, 5.74) is 1.93. The van der Waals surface area contributed by atoms with E-state index in [0.29, 0.717) is 0 Å². The van der Waals surface area contributed by atoms with Crippen molar-refractivity contribution in [1.82, 2.24) is 0 Å². The Balaban J connectivity index is -0.0000000847. The van der Waals surface area contributed by atoms with E-state index in [4.69, 9.17) is 14.5 Å². The van der Waals surface area contributed by atoms with Crippen LogP contribution in [0.25, 0.3) is 0 Å². The van der Waals surface area contributed by atoms with Crippen molar-refractivity contribution in [2.24, 2.45) is 5.16 Å². The molecule has 0 amide bonds. The number of nitrogens with zero attached hydrogens (tertiary/aromatic N) is 1. The molecule has 4 nitrogen and oxygen atoms in total. The molecule has 0 aliphatic rings. The Bertz CT molecular complexity index is 310. The van der Waals surface area contributed by atoms with Crippen molar-refractivity contribution in [2.75, 3.05) is 0 Å². The SMILES string of the molecule is CC(C)=CC(C)=N[OH2+].[C-]#[O+].[C-]#[O+].[W].[c-]1[c-][c-][cH-][c-]1. The summed E-state index contributed by atoms with van der Waals surface area (Å²) in [4.78, 5) is 0. The first kappa shape index (κ1) is 25.5. The van der Waals surface area contributed by atoms with E-state index in [1.54, 1.807) is 13.0 Å². The molecule has 98 valence electrons. The molecule has 0 atom stereocenters. The zero-order valence-corrected chi connectivity index (χ0v) is 13.3. The summed E-state index contributed by atoms with van der Waals surface area (Å²) < 4.78 is 15.0. The van der Waals surface area contributed by atoms with Gasteiger partial charge in [-0.25, -0.2) is 0 Å². The van der Waals surface area contributed by atoms with Gasteiger partial charge in [-0.1, -0.05) is 5.57 Å². The van der Waals surface area contributed by atoms with E-state index in [-0.39, 0.29) is 21.1 Å². The molecular weight excluding hydrogens is 402 g/mol. The Morgan fingerprint density at radius 3 is 1.61 bits per heavy atom. The maximum Gasteiger partial charge on any atom is 0 e. The summed E-state index contributed by atoms with van der Waals surface area (Å²) in [6.07, 6.45) is 1.87. The molecule has 0 spiro atoms. The summed E-state index contributed by atoms with van der Waals surface area (Å²) >= 11 is 0. The molecule has 1 rings (SSSR count). The third-order valence-corrected chi connectivity index (χ3v) is 1.03. The summed E-state index contributed by atoms with van der Waals surface area (Å²) in [7, 11) is 0. The molecule has 0 aromatic heterocycles. The van der Waals surface area contributed by atoms with Gasteiger partial charge < -0.3 is 35.5 Å². The molecule has 0 saturated carbocycles. The van der Waals surface area contributed by atoms with Gasteiger partial charge in [0.15, 0.2) is 0 Å². The third-order valence-electron chi connectivity index (χ3n) is 1.03. The fourth-order valence-corrected chi connectivity index (χ4v) is 0.630. The van der Waals surface area contributed by atoms with Crippen LogP contribution in [0.1, 0.15) is 20.8 Å². The summed E-state index contributed by atoms with van der Waals surface area (Å²) in [6.45, 7) is 14.8. The molecule has 0 aliphatic carbocycles. The molecule has 0 unspecified atom stereocenters. The molecule has 0 saturated heterocycles. The molecule has 1 aromatic carbocycles. The van der Waals surface area contributed by atoms with Crippen molar-refractivity contribution in [3.8, 4) is 0 Å². The Morgan fingerprint density at radius 1 is 1.11 bits per heavy atom. The fraction of sp³-hybridized carbons (Fsp3) is 0.231. The predicted octanol–water partition coefficient (Wildman–Crippen LogP) is 1.58. The van der Waals surface area contributed by atoms with Gasteiger partial charge in [0.1, 0.15) is 5.71 Å². The Hall–Kier alpha value is -1.27. The zero-order valence-electron chi connectivity index (χ0n) is 10.3. The fourth-order valence-electron chi connectivity index (χ4n) is 0.630. The topological polar surface area (TPSA) is 75.1 Å². The molecule has 0 fully saturated rings. The molecule has 0 aliphatic heterocycles. The van der Waals surface area contributed by atoms with Gasteiger partial charge in [-0.2, -0.15) is 0 Å². The molecule has 1 aromatic rings. The minimum Gasteiger partial charge on any atom is -0.999 e. The van der Waals surface area contributed by atoms with Gasteiger partial charge in [-0.05, 0) is 26.8 Å². The molecule has 0 heterocycles. The van der Waals surface area contributed by atoms with Gasteiger partial charge >= 0.3 is 22.6 Å². The van der Waals surface area contributed by atoms with Crippen molar-refractivity contribution in [1.29, 1.82) is 0 Å². The normalized spacial score (nSPS) is 7.39. The Morgan fingerprint density at radius 2 is 1.50 bits per heavy atom. The van der Waals surface area contributed by atoms with E-state index >= 15 is 0 Å². The molecule has 18 heavy (non-hydrogen) atoms. The van der Waals surface area contributed by atoms with E-state index in [2.05, 4.69) is 42.7 Å². The van der Waals surface area contributed by atoms with Crippen molar-refractivity contribution >= 4 is 5.71 Å². The summed E-state index contributed by atoms with van der Waals surface area (Å²) in [5, 5.41) is 9.76. The molecule has 2 N–H and O–H groups in total. The first-order valence-corrected chi connectivity index (χ1v) is 4.26. The second-order valence-electron chi connectivity index (χ2n) is 2.66. The maximum atomic E-state index is 7.50. The van der Waals surface area contributed by atoms with Gasteiger partial charge in [0, 0.05) is 21.1 Å². The van der Waals surface area contributed by atoms with Crippen molar-refractivity contribution in [3.05, 3.63) is 55.3 Å². The van der Waals surface area contributed by atoms with Crippen LogP contribution in [0.3, 0.4) is 0 Å². The van der Waals surface area contributed by atoms with E-state index < -0.39 is 0 Å². The number of rotatable bonds is 1. The van der Waals surface area contributed by atoms with Crippen LogP contribution in [0.2, 0.25) is 0 Å². The Labute approximate surface area is 122 Å². The van der Waals surface area contributed by atoms with Crippen LogP contribution in [-0.2, 0) is 30.4 Å². The second kappa shape index (κ2) is 24.8. The van der Waals surface area contributed by atoms with Gasteiger partial charge in [0.2, 0.25) is 0 Å². The van der Waals surface area contributed by atoms with E-state index in [0.717, 1.165) is 5.71 Å². The van der Waals surface area contributed by atoms with Crippen LogP contribution in [-0.4, -0.2) is 10.9 Å². The average Bonchev–Trinajstić information content (AvgIpc) is 2.92. The smallest absolute Gasteiger partial charge is 0 e. The van der Waals surface area contributed by atoms with Crippen LogP contribution >= 0.6 is 0 Å². The first-order chi connectivity index (χ1) is 8.16. The maximum absolute atomic E-state index is 7.50. The first-order valence-electron chi connectivity index (χ1n) is 4.26. The van der Waals surface area contributed by atoms with Gasteiger partial charge in [-0.15, -0.1) is 0 Å². The van der Waals surface area contributed by atoms with Crippen molar-refractivity contribution in [2.45, 2.75) is 20.8 Å². The zero-order chi connectivity index (χ0) is 14.1. The molecule has 0 bridgehead atoms. The summed E-state index contributed by atoms with van der Waals surface area (Å²) in [6, 6.07) is 12.0. The molecule has 0 radical (unpaired) electrons. The van der Waals surface area contributed by atoms with Crippen LogP contribution < -0.4 is 0 Å². The molecule has 5 heteroatoms. The Kier molecular flexibility index (Phi) is 35.2. The second-order valence-corrected chi connectivity index (χ2v) is 2.66. The van der Waals surface area contributed by atoms with Crippen LogP contribution in [0, 0.1) is 37.6 Å². The predicted molar refractivity (Wildman–Crippen MR) is 61.4 cm³/mol. The van der Waals surface area contributed by atoms with E-state index in [9.17, 15) is 0 Å². The standard InChI is InChI=1S/C6H11NO.C5H.2CO.W/c1-5(2)4-6(3)7-8;1-2-4-5-3-1;2*1-2;/h4,8H,1-3H3;1H;;;/q;-5;;;/p+1. The van der Waals surface area contributed by atoms with Gasteiger partial charge in [-0.3, -0.25) is 0 Å². The van der Waals surface area contributed by atoms with Gasteiger partial charge in [0.05, 0.1) is 5.16 Å². The third kappa shape index (κ3) is 29.3. The average molecular weight is 415 g/mol. The summed E-state index contributed by atoms with van der Waals surface area (Å²) in [5.74, 6) is 0. The van der Waals surface area contributed by atoms with Gasteiger partial charge in [0.25, 0.3) is 0 Å². The largest absolute Gasteiger partial charge is 0.999 e. The number of allylic oxidation sites excluding steroid dienone is 2. The van der Waals surface area contributed by atoms with Crippen molar-refractivity contribution in [3.63, 3.8) is 0 Å². The van der Waals surface area contributed by atoms with Crippen LogP contribution in [0.4, 0.5) is 0 Å². The monoisotopic (exact) mass is 415 g/mol. The number of hydrogen-bond donors (Lipinski definition) is 0. The minimum atomic E-state index is 0.